The molecule has 2 aromatic heterocycles. The molecule has 1 unspecified atom stereocenters. The number of ether oxygens (including phenoxy) is 1. The lowest BCUT2D eigenvalue weighted by molar-refractivity contribution is -0.0843. The fourth-order valence-corrected chi connectivity index (χ4v) is 2.80. The van der Waals surface area contributed by atoms with Gasteiger partial charge in [-0.05, 0) is 0 Å². The standard InChI is InChI=1S/C12H11FN5O5P/c1-2-12(4-22-24(20)21)6(19)3-7(23-12)18-5-15-8-9(14)16-11(13)17-10(8)18/h1,5-7,19H,3-4H2,(H2-,14,16,17,20,21)/p+1/t6-,7-,12-/m1/s1. The van der Waals surface area contributed by atoms with Crippen LogP contribution in [0.3, 0.4) is 0 Å². The topological polar surface area (TPSA) is 146 Å². The van der Waals surface area contributed by atoms with Gasteiger partial charge in [0.25, 0.3) is 0 Å². The smallest absolute Gasteiger partial charge is 0.389 e. The second-order valence-electron chi connectivity index (χ2n) is 5.07. The van der Waals surface area contributed by atoms with Gasteiger partial charge in [0.05, 0.1) is 6.33 Å². The molecular formula is C12H12FN5O5P+. The lowest BCUT2D eigenvalue weighted by Crippen LogP contribution is -2.42. The lowest BCUT2D eigenvalue weighted by atomic mass is 9.99. The summed E-state index contributed by atoms with van der Waals surface area (Å²) in [5.41, 5.74) is 4.19. The van der Waals surface area contributed by atoms with Gasteiger partial charge in [0.1, 0.15) is 18.9 Å². The Bertz CT molecular complexity index is 854. The Kier molecular flexibility index (Phi) is 4.16. The average Bonchev–Trinajstić information content (AvgIpc) is 3.07. The van der Waals surface area contributed by atoms with Gasteiger partial charge in [0.15, 0.2) is 22.6 Å². The number of aromatic nitrogens is 4. The van der Waals surface area contributed by atoms with E-state index in [4.69, 9.17) is 21.8 Å². The van der Waals surface area contributed by atoms with Crippen molar-refractivity contribution in [3.8, 4) is 12.3 Å². The summed E-state index contributed by atoms with van der Waals surface area (Å²) in [6.45, 7) is -0.495. The SMILES string of the molecule is C#C[C@]1(CO[P+](=O)O)O[C@@H](n2cnc3c(N)nc(F)nc32)C[C@H]1O. The molecule has 0 radical (unpaired) electrons. The Balaban J connectivity index is 1.95. The molecule has 1 fully saturated rings. The third-order valence-corrected chi connectivity index (χ3v) is 4.02. The number of anilines is 1. The van der Waals surface area contributed by atoms with E-state index in [0.29, 0.717) is 0 Å². The maximum Gasteiger partial charge on any atom is 0.694 e. The second kappa shape index (κ2) is 6.01. The van der Waals surface area contributed by atoms with Crippen molar-refractivity contribution in [2.75, 3.05) is 12.3 Å². The summed E-state index contributed by atoms with van der Waals surface area (Å²) in [6.07, 6.45) is 3.62. The molecule has 10 nitrogen and oxygen atoms in total. The molecule has 1 aliphatic heterocycles. The van der Waals surface area contributed by atoms with Crippen LogP contribution in [0.4, 0.5) is 10.2 Å². The highest BCUT2D eigenvalue weighted by atomic mass is 31.1. The summed E-state index contributed by atoms with van der Waals surface area (Å²) in [4.78, 5) is 19.7. The summed E-state index contributed by atoms with van der Waals surface area (Å²) >= 11 is 0. The predicted octanol–water partition coefficient (Wildman–Crippen LogP) is -0.134. The molecule has 0 amide bonds. The van der Waals surface area contributed by atoms with Crippen molar-refractivity contribution >= 4 is 25.2 Å². The second-order valence-corrected chi connectivity index (χ2v) is 5.80. The first-order chi connectivity index (χ1) is 11.4. The molecule has 3 heterocycles. The number of halogens is 1. The van der Waals surface area contributed by atoms with E-state index >= 15 is 0 Å². The first-order valence-electron chi connectivity index (χ1n) is 6.64. The molecule has 4 atom stereocenters. The molecule has 0 aromatic carbocycles. The zero-order chi connectivity index (χ0) is 17.5. The molecule has 1 aliphatic rings. The number of nitrogen functional groups attached to an aromatic ring is 1. The van der Waals surface area contributed by atoms with Gasteiger partial charge in [-0.25, -0.2) is 4.98 Å². The normalized spacial score (nSPS) is 27.3. The molecule has 12 heteroatoms. The minimum Gasteiger partial charge on any atom is -0.389 e. The van der Waals surface area contributed by atoms with E-state index in [1.807, 2.05) is 0 Å². The number of aliphatic hydroxyl groups is 1. The van der Waals surface area contributed by atoms with Gasteiger partial charge < -0.3 is 15.6 Å². The number of nitrogens with two attached hydrogens (primary N) is 1. The van der Waals surface area contributed by atoms with Crippen LogP contribution in [0.1, 0.15) is 12.6 Å². The van der Waals surface area contributed by atoms with Gasteiger partial charge in [0.2, 0.25) is 0 Å². The van der Waals surface area contributed by atoms with Gasteiger partial charge >= 0.3 is 14.3 Å². The Hall–Kier alpha value is -2.22. The summed E-state index contributed by atoms with van der Waals surface area (Å²) in [6, 6.07) is 0. The number of hydrogen-bond acceptors (Lipinski definition) is 8. The summed E-state index contributed by atoms with van der Waals surface area (Å²) < 4.78 is 35.7. The van der Waals surface area contributed by atoms with Gasteiger partial charge in [-0.2, -0.15) is 14.4 Å². The molecule has 4 N–H and O–H groups in total. The van der Waals surface area contributed by atoms with Crippen LogP contribution in [0.25, 0.3) is 11.2 Å². The van der Waals surface area contributed by atoms with E-state index < -0.39 is 38.9 Å². The highest BCUT2D eigenvalue weighted by Crippen LogP contribution is 2.39. The molecule has 0 saturated carbocycles. The third kappa shape index (κ3) is 2.71. The molecule has 0 aliphatic carbocycles. The van der Waals surface area contributed by atoms with Crippen LogP contribution in [0.15, 0.2) is 6.33 Å². The van der Waals surface area contributed by atoms with E-state index in [1.165, 1.54) is 10.9 Å². The first kappa shape index (κ1) is 16.6. The molecular weight excluding hydrogens is 344 g/mol. The van der Waals surface area contributed by atoms with Crippen molar-refractivity contribution in [3.63, 3.8) is 0 Å². The summed E-state index contributed by atoms with van der Waals surface area (Å²) in [5, 5.41) is 10.2. The Morgan fingerprint density at radius 3 is 3.08 bits per heavy atom. The van der Waals surface area contributed by atoms with Crippen LogP contribution in [0.2, 0.25) is 0 Å². The van der Waals surface area contributed by atoms with Gasteiger partial charge in [-0.1, -0.05) is 5.92 Å². The Labute approximate surface area is 135 Å². The average molecular weight is 356 g/mol. The molecule has 2 aromatic rings. The van der Waals surface area contributed by atoms with Crippen LogP contribution in [-0.4, -0.2) is 47.8 Å². The van der Waals surface area contributed by atoms with Crippen molar-refractivity contribution in [2.24, 2.45) is 0 Å². The fraction of sp³-hybridized carbons (Fsp3) is 0.417. The maximum absolute atomic E-state index is 13.4. The minimum absolute atomic E-state index is 0.00670. The molecule has 126 valence electrons. The van der Waals surface area contributed by atoms with Crippen molar-refractivity contribution in [2.45, 2.75) is 24.4 Å². The number of fused-ring (bicyclic) bond motifs is 1. The van der Waals surface area contributed by atoms with Crippen LogP contribution in [0, 0.1) is 18.4 Å². The number of rotatable bonds is 4. The lowest BCUT2D eigenvalue weighted by Gasteiger charge is -2.23. The van der Waals surface area contributed by atoms with E-state index in [1.54, 1.807) is 0 Å². The quantitative estimate of drug-likeness (QED) is 0.387. The van der Waals surface area contributed by atoms with Crippen molar-refractivity contribution < 1.29 is 28.2 Å². The largest absolute Gasteiger partial charge is 0.694 e. The van der Waals surface area contributed by atoms with Crippen molar-refractivity contribution in [1.29, 1.82) is 0 Å². The van der Waals surface area contributed by atoms with Crippen LogP contribution < -0.4 is 5.73 Å². The van der Waals surface area contributed by atoms with Gasteiger partial charge in [-0.15, -0.1) is 15.8 Å². The molecule has 24 heavy (non-hydrogen) atoms. The van der Waals surface area contributed by atoms with E-state index in [0.717, 1.165) is 0 Å². The van der Waals surface area contributed by atoms with Gasteiger partial charge in [0, 0.05) is 11.0 Å². The Morgan fingerprint density at radius 2 is 2.42 bits per heavy atom. The molecule has 1 saturated heterocycles. The molecule has 0 spiro atoms. The summed E-state index contributed by atoms with van der Waals surface area (Å²) in [5.74, 6) is 2.10. The predicted molar refractivity (Wildman–Crippen MR) is 77.8 cm³/mol. The highest BCUT2D eigenvalue weighted by Gasteiger charge is 2.50. The van der Waals surface area contributed by atoms with E-state index in [-0.39, 0.29) is 23.4 Å². The number of terminal acetylenes is 1. The zero-order valence-electron chi connectivity index (χ0n) is 12.0. The highest BCUT2D eigenvalue weighted by molar-refractivity contribution is 7.32. The first-order valence-corrected chi connectivity index (χ1v) is 7.77. The van der Waals surface area contributed by atoms with Crippen LogP contribution in [0.5, 0.6) is 0 Å². The number of hydrogen-bond donors (Lipinski definition) is 3. The monoisotopic (exact) mass is 356 g/mol. The summed E-state index contributed by atoms with van der Waals surface area (Å²) in [7, 11) is -2.91. The minimum atomic E-state index is -2.91. The zero-order valence-corrected chi connectivity index (χ0v) is 12.9. The van der Waals surface area contributed by atoms with Crippen molar-refractivity contribution in [3.05, 3.63) is 12.4 Å². The Morgan fingerprint density at radius 1 is 1.67 bits per heavy atom. The molecule has 3 rings (SSSR count). The van der Waals surface area contributed by atoms with E-state index in [2.05, 4.69) is 25.4 Å². The third-order valence-electron chi connectivity index (χ3n) is 3.67. The maximum atomic E-state index is 13.4. The number of nitrogens with zero attached hydrogens (tertiary/aromatic N) is 4. The number of imidazole rings is 1. The number of aliphatic hydroxyl groups excluding tert-OH is 1. The van der Waals surface area contributed by atoms with Crippen LogP contribution in [-0.2, 0) is 13.8 Å². The molecule has 0 bridgehead atoms. The fourth-order valence-electron chi connectivity index (χ4n) is 2.50. The van der Waals surface area contributed by atoms with Gasteiger partial charge in [-0.3, -0.25) is 4.57 Å². The van der Waals surface area contributed by atoms with E-state index in [9.17, 15) is 14.1 Å². The van der Waals surface area contributed by atoms with Crippen LogP contribution >= 0.6 is 8.25 Å². The van der Waals surface area contributed by atoms with Crippen molar-refractivity contribution in [1.82, 2.24) is 19.5 Å².